The Kier molecular flexibility index (Phi) is 6.58. The summed E-state index contributed by atoms with van der Waals surface area (Å²) in [5.41, 5.74) is 6.63. The first-order valence-electron chi connectivity index (χ1n) is 11.9. The van der Waals surface area contributed by atoms with E-state index in [-0.39, 0.29) is 24.5 Å². The standard InChI is InChI=1S/C28H30N4O2/c33-19-20-13-16-32(18-20)28(34)27(17-22-6-5-21-3-1-2-4-26(21)22)31-24-9-7-23(8-10-24)30-25-11-14-29-15-12-25/h1-4,6-12,14-15,20,27,31,33H,5,13,16-19H2,(H,29,30). The second kappa shape index (κ2) is 10.1. The van der Waals surface area contributed by atoms with E-state index < -0.39 is 0 Å². The van der Waals surface area contributed by atoms with Gasteiger partial charge in [0, 0.05) is 61.5 Å². The zero-order chi connectivity index (χ0) is 23.3. The molecule has 2 aromatic carbocycles. The number of rotatable bonds is 8. The first-order valence-corrected chi connectivity index (χ1v) is 11.9. The van der Waals surface area contributed by atoms with Crippen molar-refractivity contribution in [2.45, 2.75) is 25.3 Å². The van der Waals surface area contributed by atoms with Crippen LogP contribution in [0.2, 0.25) is 0 Å². The molecule has 0 saturated carbocycles. The van der Waals surface area contributed by atoms with Crippen molar-refractivity contribution in [2.75, 3.05) is 30.3 Å². The summed E-state index contributed by atoms with van der Waals surface area (Å²) in [4.78, 5) is 19.5. The van der Waals surface area contributed by atoms with Crippen LogP contribution >= 0.6 is 0 Å². The maximum absolute atomic E-state index is 13.6. The highest BCUT2D eigenvalue weighted by Gasteiger charge is 2.32. The Bertz CT molecular complexity index is 1160. The van der Waals surface area contributed by atoms with Gasteiger partial charge in [-0.2, -0.15) is 0 Å². The molecule has 2 aliphatic rings. The van der Waals surface area contributed by atoms with Gasteiger partial charge in [-0.3, -0.25) is 9.78 Å². The highest BCUT2D eigenvalue weighted by Crippen LogP contribution is 2.32. The van der Waals surface area contributed by atoms with Crippen LogP contribution in [0.1, 0.15) is 24.0 Å². The Morgan fingerprint density at radius 3 is 2.53 bits per heavy atom. The van der Waals surface area contributed by atoms with Gasteiger partial charge in [-0.25, -0.2) is 0 Å². The number of benzene rings is 2. The molecule has 6 nitrogen and oxygen atoms in total. The molecule has 0 spiro atoms. The SMILES string of the molecule is O=C(C(CC1=CCc2ccccc21)Nc1ccc(Nc2ccncc2)cc1)N1CCC(CO)C1. The van der Waals surface area contributed by atoms with Crippen LogP contribution < -0.4 is 10.6 Å². The van der Waals surface area contributed by atoms with Crippen LogP contribution in [0.4, 0.5) is 17.1 Å². The highest BCUT2D eigenvalue weighted by atomic mass is 16.3. The lowest BCUT2D eigenvalue weighted by atomic mass is 9.98. The number of nitrogens with zero attached hydrogens (tertiary/aromatic N) is 2. The molecule has 2 unspecified atom stereocenters. The van der Waals surface area contributed by atoms with E-state index in [0.29, 0.717) is 19.5 Å². The average molecular weight is 455 g/mol. The van der Waals surface area contributed by atoms with Gasteiger partial charge in [-0.1, -0.05) is 30.3 Å². The summed E-state index contributed by atoms with van der Waals surface area (Å²) in [7, 11) is 0. The first kappa shape index (κ1) is 22.2. The molecule has 0 bridgehead atoms. The normalized spacial score (nSPS) is 17.7. The van der Waals surface area contributed by atoms with Crippen molar-refractivity contribution in [1.29, 1.82) is 0 Å². The number of carbonyl (C=O) groups is 1. The third kappa shape index (κ3) is 4.97. The zero-order valence-electron chi connectivity index (χ0n) is 19.2. The predicted molar refractivity (Wildman–Crippen MR) is 136 cm³/mol. The molecule has 1 aromatic heterocycles. The minimum Gasteiger partial charge on any atom is -0.396 e. The number of carbonyl (C=O) groups excluding carboxylic acids is 1. The number of aliphatic hydroxyl groups excluding tert-OH is 1. The predicted octanol–water partition coefficient (Wildman–Crippen LogP) is 4.48. The van der Waals surface area contributed by atoms with E-state index in [1.807, 2.05) is 41.3 Å². The maximum atomic E-state index is 13.6. The van der Waals surface area contributed by atoms with Crippen LogP contribution in [-0.2, 0) is 11.2 Å². The number of pyridine rings is 1. The smallest absolute Gasteiger partial charge is 0.245 e. The average Bonchev–Trinajstić information content (AvgIpc) is 3.52. The van der Waals surface area contributed by atoms with Gasteiger partial charge < -0.3 is 20.6 Å². The highest BCUT2D eigenvalue weighted by molar-refractivity contribution is 5.88. The van der Waals surface area contributed by atoms with Crippen molar-refractivity contribution < 1.29 is 9.90 Å². The fraction of sp³-hybridized carbons (Fsp3) is 0.286. The van der Waals surface area contributed by atoms with E-state index in [0.717, 1.165) is 29.9 Å². The van der Waals surface area contributed by atoms with Crippen LogP contribution in [0.15, 0.2) is 79.1 Å². The maximum Gasteiger partial charge on any atom is 0.245 e. The lowest BCUT2D eigenvalue weighted by Gasteiger charge is -2.26. The lowest BCUT2D eigenvalue weighted by molar-refractivity contribution is -0.131. The largest absolute Gasteiger partial charge is 0.396 e. The van der Waals surface area contributed by atoms with E-state index in [4.69, 9.17) is 0 Å². The van der Waals surface area contributed by atoms with E-state index in [9.17, 15) is 9.90 Å². The summed E-state index contributed by atoms with van der Waals surface area (Å²) in [6.07, 6.45) is 8.16. The van der Waals surface area contributed by atoms with E-state index in [1.165, 1.54) is 16.7 Å². The molecule has 3 aromatic rings. The number of likely N-dealkylation sites (tertiary alicyclic amines) is 1. The Hall–Kier alpha value is -3.64. The monoisotopic (exact) mass is 454 g/mol. The minimum absolute atomic E-state index is 0.0974. The summed E-state index contributed by atoms with van der Waals surface area (Å²) in [6.45, 7) is 1.46. The molecule has 1 amide bonds. The molecule has 1 aliphatic heterocycles. The number of hydrogen-bond acceptors (Lipinski definition) is 5. The molecular weight excluding hydrogens is 424 g/mol. The second-order valence-electron chi connectivity index (χ2n) is 9.05. The number of fused-ring (bicyclic) bond motifs is 1. The Balaban J connectivity index is 1.32. The molecule has 3 N–H and O–H groups in total. The molecule has 6 heteroatoms. The Morgan fingerprint density at radius 1 is 1.03 bits per heavy atom. The molecule has 5 rings (SSSR count). The number of anilines is 3. The summed E-state index contributed by atoms with van der Waals surface area (Å²) in [6, 6.07) is 19.9. The third-order valence-corrected chi connectivity index (χ3v) is 6.70. The molecule has 1 saturated heterocycles. The van der Waals surface area contributed by atoms with Gasteiger partial charge in [0.05, 0.1) is 0 Å². The fourth-order valence-electron chi connectivity index (χ4n) is 4.82. The fourth-order valence-corrected chi connectivity index (χ4v) is 4.82. The van der Waals surface area contributed by atoms with Crippen molar-refractivity contribution in [3.8, 4) is 0 Å². The second-order valence-corrected chi connectivity index (χ2v) is 9.05. The van der Waals surface area contributed by atoms with Gasteiger partial charge in [-0.05, 0) is 65.9 Å². The van der Waals surface area contributed by atoms with Gasteiger partial charge in [0.1, 0.15) is 6.04 Å². The van der Waals surface area contributed by atoms with E-state index in [1.54, 1.807) is 12.4 Å². The molecule has 1 fully saturated rings. The van der Waals surface area contributed by atoms with Gasteiger partial charge in [0.2, 0.25) is 5.91 Å². The van der Waals surface area contributed by atoms with Crippen molar-refractivity contribution >= 4 is 28.5 Å². The zero-order valence-corrected chi connectivity index (χ0v) is 19.2. The number of amides is 1. The molecule has 1 aliphatic carbocycles. The number of allylic oxidation sites excluding steroid dienone is 1. The summed E-state index contributed by atoms with van der Waals surface area (Å²) >= 11 is 0. The molecule has 0 radical (unpaired) electrons. The Morgan fingerprint density at radius 2 is 1.76 bits per heavy atom. The molecule has 2 heterocycles. The minimum atomic E-state index is -0.367. The van der Waals surface area contributed by atoms with Crippen molar-refractivity contribution in [3.63, 3.8) is 0 Å². The van der Waals surface area contributed by atoms with Gasteiger partial charge in [0.15, 0.2) is 0 Å². The quantitative estimate of drug-likeness (QED) is 0.468. The summed E-state index contributed by atoms with van der Waals surface area (Å²) in [5.74, 6) is 0.273. The summed E-state index contributed by atoms with van der Waals surface area (Å²) in [5, 5.41) is 16.4. The lowest BCUT2D eigenvalue weighted by Crippen LogP contribution is -2.42. The number of aromatic nitrogens is 1. The third-order valence-electron chi connectivity index (χ3n) is 6.70. The van der Waals surface area contributed by atoms with Gasteiger partial charge >= 0.3 is 0 Å². The summed E-state index contributed by atoms with van der Waals surface area (Å²) < 4.78 is 0. The van der Waals surface area contributed by atoms with Crippen LogP contribution in [0.3, 0.4) is 0 Å². The molecular formula is C28H30N4O2. The van der Waals surface area contributed by atoms with Crippen molar-refractivity contribution in [2.24, 2.45) is 5.92 Å². The molecule has 174 valence electrons. The van der Waals surface area contributed by atoms with E-state index >= 15 is 0 Å². The number of aliphatic hydroxyl groups is 1. The van der Waals surface area contributed by atoms with Crippen molar-refractivity contribution in [1.82, 2.24) is 9.88 Å². The van der Waals surface area contributed by atoms with Crippen LogP contribution in [-0.4, -0.2) is 46.6 Å². The van der Waals surface area contributed by atoms with Crippen molar-refractivity contribution in [3.05, 3.63) is 90.3 Å². The van der Waals surface area contributed by atoms with Gasteiger partial charge in [0.25, 0.3) is 0 Å². The topological polar surface area (TPSA) is 77.5 Å². The molecule has 34 heavy (non-hydrogen) atoms. The Labute approximate surface area is 200 Å². The number of nitrogens with one attached hydrogen (secondary N) is 2. The van der Waals surface area contributed by atoms with Crippen LogP contribution in [0.5, 0.6) is 0 Å². The number of hydrogen-bond donors (Lipinski definition) is 3. The van der Waals surface area contributed by atoms with Gasteiger partial charge in [-0.15, -0.1) is 0 Å². The van der Waals surface area contributed by atoms with E-state index in [2.05, 4.69) is 46.0 Å². The first-order chi connectivity index (χ1) is 16.7. The van der Waals surface area contributed by atoms with Crippen LogP contribution in [0.25, 0.3) is 5.57 Å². The molecule has 2 atom stereocenters. The van der Waals surface area contributed by atoms with Crippen LogP contribution in [0, 0.1) is 5.92 Å².